The van der Waals surface area contributed by atoms with E-state index in [1.807, 2.05) is 4.90 Å². The van der Waals surface area contributed by atoms with Gasteiger partial charge in [-0.25, -0.2) is 4.98 Å². The lowest BCUT2D eigenvalue weighted by molar-refractivity contribution is -0.136. The van der Waals surface area contributed by atoms with Gasteiger partial charge in [-0.2, -0.15) is 13.2 Å². The molecule has 2 aromatic rings. The van der Waals surface area contributed by atoms with E-state index in [2.05, 4.69) is 11.4 Å². The SMILES string of the molecule is CCC(O)c1csc2c(C(F)(F)F)cc(N3CC[CH]CC3)nc12. The Kier molecular flexibility index (Phi) is 4.51. The molecule has 2 aromatic heterocycles. The Bertz CT molecular complexity index is 692. The smallest absolute Gasteiger partial charge is 0.388 e. The van der Waals surface area contributed by atoms with Crippen molar-refractivity contribution in [2.45, 2.75) is 38.5 Å². The van der Waals surface area contributed by atoms with Gasteiger partial charge in [0.15, 0.2) is 0 Å². The number of halogens is 3. The summed E-state index contributed by atoms with van der Waals surface area (Å²) in [7, 11) is 0. The number of rotatable bonds is 3. The Hall–Kier alpha value is -1.34. The summed E-state index contributed by atoms with van der Waals surface area (Å²) in [6.45, 7) is 3.14. The summed E-state index contributed by atoms with van der Waals surface area (Å²) in [6, 6.07) is 1.15. The van der Waals surface area contributed by atoms with E-state index in [0.717, 1.165) is 30.2 Å². The van der Waals surface area contributed by atoms with Gasteiger partial charge < -0.3 is 10.0 Å². The predicted octanol–water partition coefficient (Wildman–Crippen LogP) is 4.56. The van der Waals surface area contributed by atoms with E-state index in [9.17, 15) is 18.3 Å². The predicted molar refractivity (Wildman–Crippen MR) is 85.6 cm³/mol. The number of aromatic nitrogens is 1. The molecule has 125 valence electrons. The van der Waals surface area contributed by atoms with Crippen LogP contribution in [0, 0.1) is 6.42 Å². The molecular weight excluding hydrogens is 325 g/mol. The number of aliphatic hydroxyl groups is 1. The molecule has 7 heteroatoms. The quantitative estimate of drug-likeness (QED) is 0.887. The molecule has 0 aromatic carbocycles. The highest BCUT2D eigenvalue weighted by Crippen LogP contribution is 2.42. The van der Waals surface area contributed by atoms with Gasteiger partial charge in [-0.3, -0.25) is 0 Å². The molecule has 3 nitrogen and oxygen atoms in total. The van der Waals surface area contributed by atoms with E-state index in [1.54, 1.807) is 12.3 Å². The molecule has 3 heterocycles. The van der Waals surface area contributed by atoms with E-state index in [0.29, 0.717) is 30.9 Å². The summed E-state index contributed by atoms with van der Waals surface area (Å²) < 4.78 is 40.5. The summed E-state index contributed by atoms with van der Waals surface area (Å²) in [4.78, 5) is 6.35. The maximum atomic E-state index is 13.4. The zero-order valence-corrected chi connectivity index (χ0v) is 13.5. The Labute approximate surface area is 136 Å². The third kappa shape index (κ3) is 3.17. The summed E-state index contributed by atoms with van der Waals surface area (Å²) in [6.07, 6.45) is -0.960. The average molecular weight is 343 g/mol. The second-order valence-corrected chi connectivity index (χ2v) is 6.55. The number of pyridine rings is 1. The standard InChI is InChI=1S/C16H18F3N2OS/c1-2-12(22)10-9-23-15-11(16(17,18)19)8-13(20-14(10)15)21-6-4-3-5-7-21/h3,8-9,12,22H,2,4-7H2,1H3. The maximum Gasteiger partial charge on any atom is 0.417 e. The zero-order valence-electron chi connectivity index (χ0n) is 12.7. The lowest BCUT2D eigenvalue weighted by atomic mass is 10.1. The second kappa shape index (κ2) is 6.28. The van der Waals surface area contributed by atoms with Crippen LogP contribution in [0.2, 0.25) is 0 Å². The Morgan fingerprint density at radius 2 is 2.04 bits per heavy atom. The first-order valence-corrected chi connectivity index (χ1v) is 8.53. The summed E-state index contributed by atoms with van der Waals surface area (Å²) in [5.74, 6) is 0.348. The van der Waals surface area contributed by atoms with Crippen molar-refractivity contribution in [1.82, 2.24) is 4.98 Å². The first-order valence-electron chi connectivity index (χ1n) is 7.65. The largest absolute Gasteiger partial charge is 0.417 e. The van der Waals surface area contributed by atoms with Crippen LogP contribution in [-0.4, -0.2) is 23.2 Å². The van der Waals surface area contributed by atoms with E-state index in [4.69, 9.17) is 0 Å². The molecule has 1 atom stereocenters. The molecule has 1 fully saturated rings. The fourth-order valence-electron chi connectivity index (χ4n) is 2.82. The molecule has 0 bridgehead atoms. The topological polar surface area (TPSA) is 36.4 Å². The molecule has 3 rings (SSSR count). The van der Waals surface area contributed by atoms with Crippen LogP contribution in [0.25, 0.3) is 10.2 Å². The number of hydrogen-bond acceptors (Lipinski definition) is 4. The van der Waals surface area contributed by atoms with Crippen molar-refractivity contribution >= 4 is 27.4 Å². The fourth-order valence-corrected chi connectivity index (χ4v) is 3.91. The number of anilines is 1. The molecule has 0 amide bonds. The number of nitrogens with zero attached hydrogens (tertiary/aromatic N) is 2. The Morgan fingerprint density at radius 1 is 1.35 bits per heavy atom. The van der Waals surface area contributed by atoms with Crippen molar-refractivity contribution in [2.75, 3.05) is 18.0 Å². The molecule has 0 spiro atoms. The van der Waals surface area contributed by atoms with E-state index < -0.39 is 17.8 Å². The highest BCUT2D eigenvalue weighted by molar-refractivity contribution is 7.17. The molecule has 1 radical (unpaired) electrons. The van der Waals surface area contributed by atoms with Crippen molar-refractivity contribution in [3.05, 3.63) is 29.0 Å². The van der Waals surface area contributed by atoms with Crippen LogP contribution in [-0.2, 0) is 6.18 Å². The van der Waals surface area contributed by atoms with Gasteiger partial charge in [-0.1, -0.05) is 6.92 Å². The average Bonchev–Trinajstić information content (AvgIpc) is 2.97. The molecule has 23 heavy (non-hydrogen) atoms. The van der Waals surface area contributed by atoms with Gasteiger partial charge in [-0.15, -0.1) is 11.3 Å². The van der Waals surface area contributed by atoms with Crippen molar-refractivity contribution in [2.24, 2.45) is 0 Å². The van der Waals surface area contributed by atoms with Gasteiger partial charge in [0.05, 0.1) is 21.9 Å². The van der Waals surface area contributed by atoms with Crippen LogP contribution < -0.4 is 4.90 Å². The second-order valence-electron chi connectivity index (χ2n) is 5.67. The number of fused-ring (bicyclic) bond motifs is 1. The molecule has 1 N–H and O–H groups in total. The molecule has 1 aliphatic rings. The van der Waals surface area contributed by atoms with Gasteiger partial charge in [-0.05, 0) is 37.1 Å². The van der Waals surface area contributed by atoms with Gasteiger partial charge >= 0.3 is 6.18 Å². The minimum Gasteiger partial charge on any atom is -0.388 e. The van der Waals surface area contributed by atoms with E-state index >= 15 is 0 Å². The summed E-state index contributed by atoms with van der Waals surface area (Å²) >= 11 is 0.999. The lowest BCUT2D eigenvalue weighted by Gasteiger charge is -2.28. The highest BCUT2D eigenvalue weighted by atomic mass is 32.1. The summed E-state index contributed by atoms with van der Waals surface area (Å²) in [5, 5.41) is 11.7. The Balaban J connectivity index is 2.17. The number of hydrogen-bond donors (Lipinski definition) is 1. The van der Waals surface area contributed by atoms with Crippen LogP contribution in [0.3, 0.4) is 0 Å². The molecule has 1 saturated heterocycles. The van der Waals surface area contributed by atoms with Crippen LogP contribution in [0.5, 0.6) is 0 Å². The van der Waals surface area contributed by atoms with Crippen molar-refractivity contribution in [3.63, 3.8) is 0 Å². The van der Waals surface area contributed by atoms with Crippen LogP contribution >= 0.6 is 11.3 Å². The van der Waals surface area contributed by atoms with Crippen LogP contribution in [0.15, 0.2) is 11.4 Å². The van der Waals surface area contributed by atoms with Gasteiger partial charge in [0.2, 0.25) is 0 Å². The minimum absolute atomic E-state index is 0.104. The van der Waals surface area contributed by atoms with Gasteiger partial charge in [0, 0.05) is 18.7 Å². The molecule has 1 unspecified atom stereocenters. The van der Waals surface area contributed by atoms with Gasteiger partial charge in [0.1, 0.15) is 5.82 Å². The third-order valence-corrected chi connectivity index (χ3v) is 5.14. The number of piperidine rings is 1. The minimum atomic E-state index is -4.43. The van der Waals surface area contributed by atoms with E-state index in [1.165, 1.54) is 0 Å². The molecule has 0 aliphatic carbocycles. The summed E-state index contributed by atoms with van der Waals surface area (Å²) in [5.41, 5.74) is 0.110. The van der Waals surface area contributed by atoms with Gasteiger partial charge in [0.25, 0.3) is 0 Å². The first kappa shape index (κ1) is 16.5. The molecular formula is C16H18F3N2OS. The van der Waals surface area contributed by atoms with Crippen molar-refractivity contribution in [1.29, 1.82) is 0 Å². The van der Waals surface area contributed by atoms with Crippen molar-refractivity contribution < 1.29 is 18.3 Å². The number of thiophene rings is 1. The number of alkyl halides is 3. The van der Waals surface area contributed by atoms with E-state index in [-0.39, 0.29) is 10.2 Å². The normalized spacial score (nSPS) is 17.7. The maximum absolute atomic E-state index is 13.4. The highest BCUT2D eigenvalue weighted by Gasteiger charge is 2.35. The molecule has 0 saturated carbocycles. The number of aliphatic hydroxyl groups excluding tert-OH is 1. The monoisotopic (exact) mass is 343 g/mol. The van der Waals surface area contributed by atoms with Crippen molar-refractivity contribution in [3.8, 4) is 0 Å². The fraction of sp³-hybridized carbons (Fsp3) is 0.500. The molecule has 1 aliphatic heterocycles. The lowest BCUT2D eigenvalue weighted by Crippen LogP contribution is -2.30. The van der Waals surface area contributed by atoms with Crippen LogP contribution in [0.4, 0.5) is 19.0 Å². The first-order chi connectivity index (χ1) is 10.9. The Morgan fingerprint density at radius 3 is 2.65 bits per heavy atom. The van der Waals surface area contributed by atoms with Crippen LogP contribution in [0.1, 0.15) is 43.4 Å². The third-order valence-electron chi connectivity index (χ3n) is 4.12. The zero-order chi connectivity index (χ0) is 16.6.